The van der Waals surface area contributed by atoms with E-state index >= 15 is 0 Å². The van der Waals surface area contributed by atoms with Crippen LogP contribution < -0.4 is 0 Å². The standard InChI is InChI=1S/C26H24O2/c1-5-7-21-16-17-26(3,4)24-15-12-20(18-23(21)24)9-8-19-10-13-22(14-11-19)25(27)28-6-2/h10-16,18H,6,17H2,1-4H3. The minimum absolute atomic E-state index is 0.100. The highest BCUT2D eigenvalue weighted by atomic mass is 16.5. The maximum atomic E-state index is 11.7. The number of allylic oxidation sites excluding steroid dienone is 2. The molecule has 28 heavy (non-hydrogen) atoms. The van der Waals surface area contributed by atoms with E-state index in [-0.39, 0.29) is 11.4 Å². The highest BCUT2D eigenvalue weighted by Crippen LogP contribution is 2.38. The number of carbonyl (C=O) groups is 1. The Balaban J connectivity index is 1.89. The maximum Gasteiger partial charge on any atom is 0.338 e. The van der Waals surface area contributed by atoms with Crippen molar-refractivity contribution in [1.29, 1.82) is 0 Å². The van der Waals surface area contributed by atoms with Crippen LogP contribution in [0.1, 0.15) is 66.7 Å². The third-order valence-corrected chi connectivity index (χ3v) is 4.86. The minimum atomic E-state index is -0.310. The van der Waals surface area contributed by atoms with E-state index in [0.717, 1.165) is 23.1 Å². The SMILES string of the molecule is CC#CC1=CCC(C)(C)c2ccc(C#Cc3ccc(C(=O)OCC)cc3)cc21. The first-order chi connectivity index (χ1) is 13.4. The van der Waals surface area contributed by atoms with Gasteiger partial charge in [0.2, 0.25) is 0 Å². The second-order valence-electron chi connectivity index (χ2n) is 7.39. The largest absolute Gasteiger partial charge is 0.462 e. The van der Waals surface area contributed by atoms with Crippen LogP contribution in [0, 0.1) is 23.7 Å². The first kappa shape index (κ1) is 19.5. The highest BCUT2D eigenvalue weighted by Gasteiger charge is 2.27. The lowest BCUT2D eigenvalue weighted by atomic mass is 9.73. The van der Waals surface area contributed by atoms with Gasteiger partial charge in [-0.3, -0.25) is 0 Å². The normalized spacial score (nSPS) is 13.8. The predicted molar refractivity (Wildman–Crippen MR) is 114 cm³/mol. The molecular formula is C26H24O2. The average molecular weight is 368 g/mol. The maximum absolute atomic E-state index is 11.7. The summed E-state index contributed by atoms with van der Waals surface area (Å²) in [7, 11) is 0. The summed E-state index contributed by atoms with van der Waals surface area (Å²) in [5.41, 5.74) is 6.02. The number of benzene rings is 2. The molecule has 0 unspecified atom stereocenters. The van der Waals surface area contributed by atoms with Gasteiger partial charge in [0.1, 0.15) is 0 Å². The van der Waals surface area contributed by atoms with E-state index in [9.17, 15) is 4.79 Å². The van der Waals surface area contributed by atoms with Crippen molar-refractivity contribution in [2.24, 2.45) is 0 Å². The van der Waals surface area contributed by atoms with Gasteiger partial charge in [0, 0.05) is 16.7 Å². The summed E-state index contributed by atoms with van der Waals surface area (Å²) in [5.74, 6) is 12.3. The van der Waals surface area contributed by atoms with Crippen molar-refractivity contribution in [3.05, 3.63) is 76.4 Å². The van der Waals surface area contributed by atoms with Crippen molar-refractivity contribution in [1.82, 2.24) is 0 Å². The Morgan fingerprint density at radius 3 is 2.39 bits per heavy atom. The van der Waals surface area contributed by atoms with Crippen molar-refractivity contribution in [3.63, 3.8) is 0 Å². The van der Waals surface area contributed by atoms with Gasteiger partial charge in [-0.05, 0) is 73.2 Å². The molecule has 0 saturated heterocycles. The summed E-state index contributed by atoms with van der Waals surface area (Å²) in [6, 6.07) is 13.6. The first-order valence-electron chi connectivity index (χ1n) is 9.51. The lowest BCUT2D eigenvalue weighted by Crippen LogP contribution is -2.21. The Kier molecular flexibility index (Phi) is 5.72. The Labute approximate surface area is 167 Å². The molecule has 0 N–H and O–H groups in total. The van der Waals surface area contributed by atoms with E-state index in [1.165, 1.54) is 11.1 Å². The Morgan fingerprint density at radius 2 is 1.71 bits per heavy atom. The van der Waals surface area contributed by atoms with Gasteiger partial charge in [-0.2, -0.15) is 0 Å². The quantitative estimate of drug-likeness (QED) is 0.527. The van der Waals surface area contributed by atoms with Crippen LogP contribution in [0.3, 0.4) is 0 Å². The zero-order valence-electron chi connectivity index (χ0n) is 16.8. The summed E-state index contributed by atoms with van der Waals surface area (Å²) in [5, 5.41) is 0. The third-order valence-electron chi connectivity index (χ3n) is 4.86. The van der Waals surface area contributed by atoms with Crippen LogP contribution in [-0.4, -0.2) is 12.6 Å². The van der Waals surface area contributed by atoms with Gasteiger partial charge < -0.3 is 4.74 Å². The van der Waals surface area contributed by atoms with E-state index in [1.54, 1.807) is 19.1 Å². The lowest BCUT2D eigenvalue weighted by molar-refractivity contribution is 0.0526. The fraction of sp³-hybridized carbons (Fsp3) is 0.269. The number of hydrogen-bond donors (Lipinski definition) is 0. The van der Waals surface area contributed by atoms with E-state index in [2.05, 4.69) is 61.8 Å². The minimum Gasteiger partial charge on any atom is -0.462 e. The fourth-order valence-electron chi connectivity index (χ4n) is 3.31. The summed E-state index contributed by atoms with van der Waals surface area (Å²) in [6.07, 6.45) is 3.21. The van der Waals surface area contributed by atoms with Crippen LogP contribution in [0.25, 0.3) is 5.57 Å². The van der Waals surface area contributed by atoms with Gasteiger partial charge >= 0.3 is 5.97 Å². The molecule has 0 amide bonds. The molecule has 0 saturated carbocycles. The van der Waals surface area contributed by atoms with Crippen LogP contribution in [0.2, 0.25) is 0 Å². The molecule has 2 heteroatoms. The predicted octanol–water partition coefficient (Wildman–Crippen LogP) is 5.35. The zero-order chi connectivity index (χ0) is 20.1. The monoisotopic (exact) mass is 368 g/mol. The van der Waals surface area contributed by atoms with E-state index < -0.39 is 0 Å². The van der Waals surface area contributed by atoms with Crippen LogP contribution in [0.4, 0.5) is 0 Å². The fourth-order valence-corrected chi connectivity index (χ4v) is 3.31. The van der Waals surface area contributed by atoms with Gasteiger partial charge in [0.05, 0.1) is 12.2 Å². The van der Waals surface area contributed by atoms with Crippen LogP contribution in [-0.2, 0) is 10.2 Å². The summed E-state index contributed by atoms with van der Waals surface area (Å²) in [6.45, 7) is 8.55. The molecule has 0 fully saturated rings. The Bertz CT molecular complexity index is 1050. The molecule has 0 radical (unpaired) electrons. The third kappa shape index (κ3) is 4.19. The van der Waals surface area contributed by atoms with Crippen molar-refractivity contribution >= 4 is 11.5 Å². The summed E-state index contributed by atoms with van der Waals surface area (Å²) in [4.78, 5) is 11.7. The van der Waals surface area contributed by atoms with E-state index in [4.69, 9.17) is 4.74 Å². The molecule has 2 aromatic rings. The highest BCUT2D eigenvalue weighted by molar-refractivity contribution is 5.89. The van der Waals surface area contributed by atoms with Gasteiger partial charge in [0.15, 0.2) is 0 Å². The molecule has 0 spiro atoms. The first-order valence-corrected chi connectivity index (χ1v) is 9.51. The smallest absolute Gasteiger partial charge is 0.338 e. The van der Waals surface area contributed by atoms with Gasteiger partial charge in [-0.15, -0.1) is 5.92 Å². The topological polar surface area (TPSA) is 26.3 Å². The van der Waals surface area contributed by atoms with Crippen LogP contribution in [0.15, 0.2) is 48.5 Å². The van der Waals surface area contributed by atoms with Crippen LogP contribution >= 0.6 is 0 Å². The molecule has 3 rings (SSSR count). The number of hydrogen-bond acceptors (Lipinski definition) is 2. The molecule has 140 valence electrons. The molecule has 0 atom stereocenters. The molecule has 1 aliphatic rings. The lowest BCUT2D eigenvalue weighted by Gasteiger charge is -2.31. The summed E-state index contributed by atoms with van der Waals surface area (Å²) >= 11 is 0. The number of ether oxygens (including phenoxy) is 1. The second kappa shape index (κ2) is 8.20. The van der Waals surface area contributed by atoms with Crippen molar-refractivity contribution in [3.8, 4) is 23.7 Å². The molecule has 1 aliphatic carbocycles. The second-order valence-corrected chi connectivity index (χ2v) is 7.39. The van der Waals surface area contributed by atoms with E-state index in [1.807, 2.05) is 19.1 Å². The van der Waals surface area contributed by atoms with Gasteiger partial charge in [0.25, 0.3) is 0 Å². The molecule has 0 bridgehead atoms. The van der Waals surface area contributed by atoms with Gasteiger partial charge in [-0.1, -0.05) is 43.8 Å². The molecule has 2 nitrogen and oxygen atoms in total. The molecule has 2 aromatic carbocycles. The molecular weight excluding hydrogens is 344 g/mol. The Morgan fingerprint density at radius 1 is 1.04 bits per heavy atom. The molecule has 0 aliphatic heterocycles. The van der Waals surface area contributed by atoms with Crippen molar-refractivity contribution < 1.29 is 9.53 Å². The number of fused-ring (bicyclic) bond motifs is 1. The number of esters is 1. The Hall–Kier alpha value is -3.23. The number of carbonyl (C=O) groups excluding carboxylic acids is 1. The molecule has 0 heterocycles. The molecule has 0 aromatic heterocycles. The van der Waals surface area contributed by atoms with Gasteiger partial charge in [-0.25, -0.2) is 4.79 Å². The summed E-state index contributed by atoms with van der Waals surface area (Å²) < 4.78 is 5.01. The van der Waals surface area contributed by atoms with E-state index in [0.29, 0.717) is 12.2 Å². The average Bonchev–Trinajstić information content (AvgIpc) is 2.69. The van der Waals surface area contributed by atoms with Crippen molar-refractivity contribution in [2.75, 3.05) is 6.61 Å². The zero-order valence-corrected chi connectivity index (χ0v) is 16.8. The van der Waals surface area contributed by atoms with Crippen molar-refractivity contribution in [2.45, 2.75) is 39.5 Å². The van der Waals surface area contributed by atoms with Crippen LogP contribution in [0.5, 0.6) is 0 Å². The number of rotatable bonds is 2.